The Balaban J connectivity index is 1.72. The van der Waals surface area contributed by atoms with Crippen molar-refractivity contribution in [3.05, 3.63) is 53.0 Å². The Kier molecular flexibility index (Phi) is 6.93. The highest BCUT2D eigenvalue weighted by Gasteiger charge is 2.19. The average molecular weight is 442 g/mol. The van der Waals surface area contributed by atoms with Gasteiger partial charge in [0.2, 0.25) is 0 Å². The van der Waals surface area contributed by atoms with E-state index < -0.39 is 6.03 Å². The molecule has 0 aliphatic carbocycles. The summed E-state index contributed by atoms with van der Waals surface area (Å²) in [6, 6.07) is 11.6. The van der Waals surface area contributed by atoms with Gasteiger partial charge in [-0.3, -0.25) is 10.1 Å². The summed E-state index contributed by atoms with van der Waals surface area (Å²) in [4.78, 5) is 29.8. The van der Waals surface area contributed by atoms with Crippen LogP contribution in [-0.2, 0) is 0 Å². The monoisotopic (exact) mass is 442 g/mol. The molecule has 0 saturated carbocycles. The molecule has 3 amide bonds. The van der Waals surface area contributed by atoms with Gasteiger partial charge in [-0.1, -0.05) is 23.5 Å². The fourth-order valence-electron chi connectivity index (χ4n) is 2.75. The van der Waals surface area contributed by atoms with E-state index in [0.717, 1.165) is 11.3 Å². The highest BCUT2D eigenvalue weighted by molar-refractivity contribution is 7.17. The van der Waals surface area contributed by atoms with Gasteiger partial charge in [-0.2, -0.15) is 0 Å². The van der Waals surface area contributed by atoms with E-state index in [1.165, 1.54) is 21.3 Å². The lowest BCUT2D eigenvalue weighted by Gasteiger charge is -2.11. The second-order valence-electron chi connectivity index (χ2n) is 6.23. The number of nitrogens with zero attached hydrogens (tertiary/aromatic N) is 1. The SMILES string of the molecule is COc1ccc(OC)c(NC(=O)c2sc(NC(=O)Nc3ccccc3OC)nc2C)c1. The molecular formula is C21H22N4O5S. The average Bonchev–Trinajstić information content (AvgIpc) is 3.13. The lowest BCUT2D eigenvalue weighted by atomic mass is 10.2. The van der Waals surface area contributed by atoms with Crippen molar-refractivity contribution in [2.24, 2.45) is 0 Å². The third kappa shape index (κ3) is 5.23. The molecule has 3 N–H and O–H groups in total. The summed E-state index contributed by atoms with van der Waals surface area (Å²) in [5.74, 6) is 1.22. The number of hydrogen-bond donors (Lipinski definition) is 3. The molecule has 162 valence electrons. The predicted molar refractivity (Wildman–Crippen MR) is 120 cm³/mol. The molecule has 0 aliphatic rings. The highest BCUT2D eigenvalue weighted by Crippen LogP contribution is 2.31. The number of aromatic nitrogens is 1. The van der Waals surface area contributed by atoms with Gasteiger partial charge < -0.3 is 24.8 Å². The summed E-state index contributed by atoms with van der Waals surface area (Å²) >= 11 is 1.06. The van der Waals surface area contributed by atoms with Crippen LogP contribution < -0.4 is 30.2 Å². The minimum atomic E-state index is -0.500. The zero-order chi connectivity index (χ0) is 22.4. The Bertz CT molecular complexity index is 1100. The number of carbonyl (C=O) groups excluding carboxylic acids is 2. The maximum absolute atomic E-state index is 12.8. The molecule has 3 aromatic rings. The first-order valence-corrected chi connectivity index (χ1v) is 9.98. The zero-order valence-corrected chi connectivity index (χ0v) is 18.3. The summed E-state index contributed by atoms with van der Waals surface area (Å²) in [6.45, 7) is 1.69. The molecular weight excluding hydrogens is 420 g/mol. The van der Waals surface area contributed by atoms with Crippen LogP contribution in [0.2, 0.25) is 0 Å². The Hall–Kier alpha value is -3.79. The Morgan fingerprint density at radius 2 is 1.58 bits per heavy atom. The molecule has 0 atom stereocenters. The largest absolute Gasteiger partial charge is 0.497 e. The normalized spacial score (nSPS) is 10.2. The Morgan fingerprint density at radius 3 is 2.29 bits per heavy atom. The van der Waals surface area contributed by atoms with Crippen LogP contribution in [-0.4, -0.2) is 38.3 Å². The lowest BCUT2D eigenvalue weighted by molar-refractivity contribution is 0.102. The fraction of sp³-hybridized carbons (Fsp3) is 0.190. The number of urea groups is 1. The van der Waals surface area contributed by atoms with Gasteiger partial charge in [0.25, 0.3) is 5.91 Å². The second kappa shape index (κ2) is 9.81. The molecule has 1 aromatic heterocycles. The number of aryl methyl sites for hydroxylation is 1. The number of benzene rings is 2. The van der Waals surface area contributed by atoms with Crippen LogP contribution in [0.1, 0.15) is 15.4 Å². The molecule has 2 aromatic carbocycles. The molecule has 0 bridgehead atoms. The van der Waals surface area contributed by atoms with Gasteiger partial charge >= 0.3 is 6.03 Å². The van der Waals surface area contributed by atoms with E-state index in [1.807, 2.05) is 0 Å². The maximum Gasteiger partial charge on any atom is 0.325 e. The molecule has 31 heavy (non-hydrogen) atoms. The number of carbonyl (C=O) groups is 2. The number of para-hydroxylation sites is 2. The van der Waals surface area contributed by atoms with Gasteiger partial charge in [0.05, 0.1) is 38.4 Å². The number of thiazole rings is 1. The Morgan fingerprint density at radius 1 is 0.871 bits per heavy atom. The maximum atomic E-state index is 12.8. The number of anilines is 3. The summed E-state index contributed by atoms with van der Waals surface area (Å²) in [7, 11) is 4.57. The number of methoxy groups -OCH3 is 3. The number of rotatable bonds is 7. The molecule has 9 nitrogen and oxygen atoms in total. The molecule has 0 saturated heterocycles. The fourth-order valence-corrected chi connectivity index (χ4v) is 3.61. The van der Waals surface area contributed by atoms with E-state index in [-0.39, 0.29) is 11.0 Å². The van der Waals surface area contributed by atoms with Crippen LogP contribution in [0.25, 0.3) is 0 Å². The van der Waals surface area contributed by atoms with Crippen molar-refractivity contribution in [1.29, 1.82) is 0 Å². The first-order chi connectivity index (χ1) is 14.9. The highest BCUT2D eigenvalue weighted by atomic mass is 32.1. The molecule has 0 fully saturated rings. The smallest absolute Gasteiger partial charge is 0.325 e. The second-order valence-corrected chi connectivity index (χ2v) is 7.23. The first-order valence-electron chi connectivity index (χ1n) is 9.17. The zero-order valence-electron chi connectivity index (χ0n) is 17.4. The van der Waals surface area contributed by atoms with Crippen LogP contribution in [0.15, 0.2) is 42.5 Å². The number of ether oxygens (including phenoxy) is 3. The molecule has 0 spiro atoms. The van der Waals surface area contributed by atoms with Gasteiger partial charge in [-0.05, 0) is 31.2 Å². The number of hydrogen-bond acceptors (Lipinski definition) is 7. The van der Waals surface area contributed by atoms with Gasteiger partial charge in [-0.25, -0.2) is 9.78 Å². The van der Waals surface area contributed by atoms with E-state index in [9.17, 15) is 9.59 Å². The summed E-state index contributed by atoms with van der Waals surface area (Å²) < 4.78 is 15.7. The minimum absolute atomic E-state index is 0.285. The van der Waals surface area contributed by atoms with Gasteiger partial charge in [-0.15, -0.1) is 0 Å². The van der Waals surface area contributed by atoms with Crippen LogP contribution in [0, 0.1) is 6.92 Å². The molecule has 0 aliphatic heterocycles. The van der Waals surface area contributed by atoms with Crippen molar-refractivity contribution < 1.29 is 23.8 Å². The van der Waals surface area contributed by atoms with Gasteiger partial charge in [0.15, 0.2) is 5.13 Å². The van der Waals surface area contributed by atoms with Gasteiger partial charge in [0.1, 0.15) is 22.1 Å². The predicted octanol–water partition coefficient (Wildman–Crippen LogP) is 4.37. The molecule has 10 heteroatoms. The third-order valence-electron chi connectivity index (χ3n) is 4.23. The Labute approximate surface area is 183 Å². The lowest BCUT2D eigenvalue weighted by Crippen LogP contribution is -2.19. The van der Waals surface area contributed by atoms with E-state index >= 15 is 0 Å². The molecule has 0 radical (unpaired) electrons. The van der Waals surface area contributed by atoms with Crippen molar-refractivity contribution in [1.82, 2.24) is 4.98 Å². The minimum Gasteiger partial charge on any atom is -0.497 e. The van der Waals surface area contributed by atoms with Crippen LogP contribution in [0.5, 0.6) is 17.2 Å². The van der Waals surface area contributed by atoms with E-state index in [2.05, 4.69) is 20.9 Å². The van der Waals surface area contributed by atoms with E-state index in [1.54, 1.807) is 49.4 Å². The number of nitrogens with one attached hydrogen (secondary N) is 3. The van der Waals surface area contributed by atoms with E-state index in [0.29, 0.717) is 39.2 Å². The number of amides is 3. The summed E-state index contributed by atoms with van der Waals surface area (Å²) in [5.41, 5.74) is 1.46. The topological polar surface area (TPSA) is 111 Å². The van der Waals surface area contributed by atoms with Gasteiger partial charge in [0, 0.05) is 6.07 Å². The quantitative estimate of drug-likeness (QED) is 0.501. The van der Waals surface area contributed by atoms with Crippen molar-refractivity contribution in [3.8, 4) is 17.2 Å². The van der Waals surface area contributed by atoms with Crippen molar-refractivity contribution in [2.45, 2.75) is 6.92 Å². The van der Waals surface area contributed by atoms with Crippen molar-refractivity contribution >= 4 is 39.8 Å². The van der Waals surface area contributed by atoms with Crippen LogP contribution in [0.3, 0.4) is 0 Å². The summed E-state index contributed by atoms with van der Waals surface area (Å²) in [5, 5.41) is 8.42. The standard InChI is InChI=1S/C21H22N4O5S/c1-12-18(19(26)23-15-11-13(28-2)9-10-17(15)30-4)31-21(22-12)25-20(27)24-14-7-5-6-8-16(14)29-3/h5-11H,1-4H3,(H,23,26)(H2,22,24,25,27). The van der Waals surface area contributed by atoms with Crippen LogP contribution >= 0.6 is 11.3 Å². The van der Waals surface area contributed by atoms with Crippen molar-refractivity contribution in [3.63, 3.8) is 0 Å². The molecule has 1 heterocycles. The van der Waals surface area contributed by atoms with Crippen molar-refractivity contribution in [2.75, 3.05) is 37.3 Å². The molecule has 3 rings (SSSR count). The summed E-state index contributed by atoms with van der Waals surface area (Å²) in [6.07, 6.45) is 0. The molecule has 0 unspecified atom stereocenters. The van der Waals surface area contributed by atoms with E-state index in [4.69, 9.17) is 14.2 Å². The third-order valence-corrected chi connectivity index (χ3v) is 5.30. The van der Waals surface area contributed by atoms with Crippen LogP contribution in [0.4, 0.5) is 21.3 Å². The first kappa shape index (κ1) is 21.9.